The average Bonchev–Trinajstić information content (AvgIpc) is 3.41. The normalized spacial score (nSPS) is 23.4. The second-order valence-electron chi connectivity index (χ2n) is 9.54. The van der Waals surface area contributed by atoms with E-state index in [1.807, 2.05) is 18.2 Å². The van der Waals surface area contributed by atoms with Crippen molar-refractivity contribution in [2.45, 2.75) is 64.3 Å². The highest BCUT2D eigenvalue weighted by atomic mass is 16.2. The zero-order valence-electron chi connectivity index (χ0n) is 19.3. The lowest BCUT2D eigenvalue weighted by molar-refractivity contribution is -0.140. The maximum Gasteiger partial charge on any atom is 0.233 e. The summed E-state index contributed by atoms with van der Waals surface area (Å²) in [5.41, 5.74) is 1.85. The van der Waals surface area contributed by atoms with Gasteiger partial charge in [0.2, 0.25) is 23.6 Å². The molecule has 3 atom stereocenters. The fourth-order valence-corrected chi connectivity index (χ4v) is 5.31. The number of fused-ring (bicyclic) bond motifs is 1. The molecule has 1 aliphatic carbocycles. The highest BCUT2D eigenvalue weighted by Gasteiger charge is 2.47. The summed E-state index contributed by atoms with van der Waals surface area (Å²) in [5.74, 6) is -1.07. The van der Waals surface area contributed by atoms with Crippen LogP contribution in [0.3, 0.4) is 0 Å². The van der Waals surface area contributed by atoms with Crippen molar-refractivity contribution in [2.24, 2.45) is 11.8 Å². The number of carbonyl (C=O) groups excluding carboxylic acids is 4. The van der Waals surface area contributed by atoms with Crippen LogP contribution in [0.15, 0.2) is 24.3 Å². The van der Waals surface area contributed by atoms with Gasteiger partial charge in [-0.2, -0.15) is 0 Å². The van der Waals surface area contributed by atoms with Gasteiger partial charge in [0.25, 0.3) is 0 Å². The standard InChI is InChI=1S/C25H34N4O4/c1-17(15-23(31)27-18-7-6-8-19(16-18)28-12-4-5-13-28)26-22(30)11-14-29-24(32)20-9-2-3-10-21(20)25(29)33/h6-8,16-17,20-21H,2-5,9-15H2,1H3,(H,26,30)(H,27,31). The number of likely N-dealkylation sites (tertiary alicyclic amines) is 1. The second kappa shape index (κ2) is 10.4. The van der Waals surface area contributed by atoms with Crippen molar-refractivity contribution in [3.8, 4) is 0 Å². The summed E-state index contributed by atoms with van der Waals surface area (Å²) in [6.07, 6.45) is 6.08. The molecular formula is C25H34N4O4. The maximum absolute atomic E-state index is 12.5. The van der Waals surface area contributed by atoms with Crippen molar-refractivity contribution in [3.05, 3.63) is 24.3 Å². The van der Waals surface area contributed by atoms with Gasteiger partial charge in [-0.15, -0.1) is 0 Å². The Kier molecular flexibility index (Phi) is 7.30. The Morgan fingerprint density at radius 3 is 2.33 bits per heavy atom. The lowest BCUT2D eigenvalue weighted by Gasteiger charge is -2.19. The molecule has 3 fully saturated rings. The largest absolute Gasteiger partial charge is 0.371 e. The number of anilines is 2. The molecule has 8 nitrogen and oxygen atoms in total. The number of carbonyl (C=O) groups is 4. The van der Waals surface area contributed by atoms with Gasteiger partial charge in [0.1, 0.15) is 0 Å². The monoisotopic (exact) mass is 454 g/mol. The molecule has 0 aromatic heterocycles. The molecule has 1 aromatic rings. The van der Waals surface area contributed by atoms with Gasteiger partial charge in [0.05, 0.1) is 11.8 Å². The number of nitrogens with zero attached hydrogens (tertiary/aromatic N) is 2. The number of rotatable bonds is 8. The summed E-state index contributed by atoms with van der Waals surface area (Å²) in [6.45, 7) is 3.96. The van der Waals surface area contributed by atoms with Crippen molar-refractivity contribution in [3.63, 3.8) is 0 Å². The Bertz CT molecular complexity index is 887. The second-order valence-corrected chi connectivity index (χ2v) is 9.54. The minimum atomic E-state index is -0.355. The average molecular weight is 455 g/mol. The van der Waals surface area contributed by atoms with E-state index in [-0.39, 0.29) is 60.9 Å². The number of hydrogen-bond acceptors (Lipinski definition) is 5. The van der Waals surface area contributed by atoms with E-state index in [4.69, 9.17) is 0 Å². The lowest BCUT2D eigenvalue weighted by atomic mass is 9.81. The Morgan fingerprint density at radius 1 is 1.00 bits per heavy atom. The molecule has 1 saturated carbocycles. The number of benzene rings is 1. The van der Waals surface area contributed by atoms with Gasteiger partial charge in [0, 0.05) is 49.9 Å². The summed E-state index contributed by atoms with van der Waals surface area (Å²) in [5, 5.41) is 5.72. The Morgan fingerprint density at radius 2 is 1.67 bits per heavy atom. The topological polar surface area (TPSA) is 98.8 Å². The van der Waals surface area contributed by atoms with E-state index in [1.165, 1.54) is 17.7 Å². The third-order valence-electron chi connectivity index (χ3n) is 6.99. The Hall–Kier alpha value is -2.90. The minimum Gasteiger partial charge on any atom is -0.371 e. The highest BCUT2D eigenvalue weighted by Crippen LogP contribution is 2.38. The summed E-state index contributed by atoms with van der Waals surface area (Å²) in [4.78, 5) is 53.5. The van der Waals surface area contributed by atoms with Gasteiger partial charge in [-0.25, -0.2) is 0 Å². The fraction of sp³-hybridized carbons (Fsp3) is 0.600. The van der Waals surface area contributed by atoms with Gasteiger partial charge in [-0.1, -0.05) is 18.9 Å². The maximum atomic E-state index is 12.5. The molecule has 0 radical (unpaired) electrons. The van der Waals surface area contributed by atoms with Crippen LogP contribution in [-0.2, 0) is 19.2 Å². The first kappa shape index (κ1) is 23.3. The van der Waals surface area contributed by atoms with Gasteiger partial charge < -0.3 is 15.5 Å². The molecular weight excluding hydrogens is 420 g/mol. The smallest absolute Gasteiger partial charge is 0.233 e. The SMILES string of the molecule is CC(CC(=O)Nc1cccc(N2CCCC2)c1)NC(=O)CCN1C(=O)C2CCCCC2C1=O. The lowest BCUT2D eigenvalue weighted by Crippen LogP contribution is -2.39. The number of nitrogens with one attached hydrogen (secondary N) is 2. The van der Waals surface area contributed by atoms with Crippen LogP contribution in [0.4, 0.5) is 11.4 Å². The van der Waals surface area contributed by atoms with Crippen molar-refractivity contribution in [2.75, 3.05) is 29.9 Å². The molecule has 0 spiro atoms. The molecule has 2 aliphatic heterocycles. The van der Waals surface area contributed by atoms with Crippen molar-refractivity contribution in [1.82, 2.24) is 10.2 Å². The van der Waals surface area contributed by atoms with Crippen molar-refractivity contribution < 1.29 is 19.2 Å². The quantitative estimate of drug-likeness (QED) is 0.589. The molecule has 8 heteroatoms. The predicted molar refractivity (Wildman–Crippen MR) is 126 cm³/mol. The van der Waals surface area contributed by atoms with Crippen LogP contribution >= 0.6 is 0 Å². The zero-order chi connectivity index (χ0) is 23.4. The molecule has 0 bridgehead atoms. The third-order valence-corrected chi connectivity index (χ3v) is 6.99. The van der Waals surface area contributed by atoms with Crippen LogP contribution in [0.5, 0.6) is 0 Å². The van der Waals surface area contributed by atoms with Gasteiger partial charge >= 0.3 is 0 Å². The highest BCUT2D eigenvalue weighted by molar-refractivity contribution is 6.05. The molecule has 3 unspecified atom stereocenters. The van der Waals surface area contributed by atoms with E-state index in [0.717, 1.165) is 50.1 Å². The number of hydrogen-bond donors (Lipinski definition) is 2. The molecule has 1 aromatic carbocycles. The first-order chi connectivity index (χ1) is 15.9. The molecule has 2 saturated heterocycles. The van der Waals surface area contributed by atoms with E-state index < -0.39 is 0 Å². The Balaban J connectivity index is 1.21. The summed E-state index contributed by atoms with van der Waals surface area (Å²) < 4.78 is 0. The first-order valence-electron chi connectivity index (χ1n) is 12.2. The van der Waals surface area contributed by atoms with Gasteiger partial charge in [-0.3, -0.25) is 24.1 Å². The van der Waals surface area contributed by atoms with Crippen LogP contribution in [0.1, 0.15) is 58.3 Å². The molecule has 4 amide bonds. The van der Waals surface area contributed by atoms with Crippen LogP contribution < -0.4 is 15.5 Å². The first-order valence-corrected chi connectivity index (χ1v) is 12.2. The van der Waals surface area contributed by atoms with Crippen LogP contribution in [-0.4, -0.2) is 54.2 Å². The number of amides is 4. The van der Waals surface area contributed by atoms with Crippen LogP contribution in [0.25, 0.3) is 0 Å². The summed E-state index contributed by atoms with van der Waals surface area (Å²) >= 11 is 0. The van der Waals surface area contributed by atoms with Crippen molar-refractivity contribution in [1.29, 1.82) is 0 Å². The Labute approximate surface area is 195 Å². The van der Waals surface area contributed by atoms with Crippen molar-refractivity contribution >= 4 is 35.0 Å². The van der Waals surface area contributed by atoms with Gasteiger partial charge in [0.15, 0.2) is 0 Å². The molecule has 4 rings (SSSR count). The molecule has 2 heterocycles. The van der Waals surface area contributed by atoms with E-state index >= 15 is 0 Å². The van der Waals surface area contributed by atoms with E-state index in [2.05, 4.69) is 21.6 Å². The fourth-order valence-electron chi connectivity index (χ4n) is 5.31. The van der Waals surface area contributed by atoms with E-state index in [1.54, 1.807) is 6.92 Å². The third kappa shape index (κ3) is 5.54. The predicted octanol–water partition coefficient (Wildman–Crippen LogP) is 2.69. The summed E-state index contributed by atoms with van der Waals surface area (Å²) in [7, 11) is 0. The molecule has 33 heavy (non-hydrogen) atoms. The number of imide groups is 1. The summed E-state index contributed by atoms with van der Waals surface area (Å²) in [6, 6.07) is 7.48. The molecule has 178 valence electrons. The minimum absolute atomic E-state index is 0.0563. The molecule has 2 N–H and O–H groups in total. The van der Waals surface area contributed by atoms with Crippen LogP contribution in [0.2, 0.25) is 0 Å². The zero-order valence-corrected chi connectivity index (χ0v) is 19.3. The van der Waals surface area contributed by atoms with E-state index in [9.17, 15) is 19.2 Å². The van der Waals surface area contributed by atoms with Gasteiger partial charge in [-0.05, 0) is 50.8 Å². The molecule has 3 aliphatic rings. The van der Waals surface area contributed by atoms with Crippen LogP contribution in [0, 0.1) is 11.8 Å². The van der Waals surface area contributed by atoms with E-state index in [0.29, 0.717) is 0 Å².